The molecule has 0 radical (unpaired) electrons. The fraction of sp³-hybridized carbons (Fsp3) is 0.500. The molecule has 17 heteroatoms. The van der Waals surface area contributed by atoms with Crippen molar-refractivity contribution in [3.63, 3.8) is 0 Å². The van der Waals surface area contributed by atoms with Crippen LogP contribution in [0.15, 0.2) is 119 Å². The molecule has 2 heterocycles. The van der Waals surface area contributed by atoms with Gasteiger partial charge in [0.05, 0.1) is 96.8 Å². The van der Waals surface area contributed by atoms with Crippen molar-refractivity contribution in [3.05, 3.63) is 130 Å². The van der Waals surface area contributed by atoms with Crippen LogP contribution >= 0.6 is 11.6 Å². The van der Waals surface area contributed by atoms with Crippen LogP contribution < -0.4 is 14.7 Å². The van der Waals surface area contributed by atoms with Gasteiger partial charge in [0.2, 0.25) is 5.69 Å². The van der Waals surface area contributed by atoms with E-state index < -0.39 is 12.1 Å². The Labute approximate surface area is 432 Å². The van der Waals surface area contributed by atoms with E-state index in [1.165, 1.54) is 28.2 Å². The first-order valence-electron chi connectivity index (χ1n) is 24.7. The van der Waals surface area contributed by atoms with E-state index in [2.05, 4.69) is 110 Å². The standard InChI is InChI=1S/C54H70ClN2O9.C2HF3O2/c1-53(2)45-18-9-11-20-47(45)56(27-30-61-35-34-60-29-26-51(58)66-44-16-7-6-8-17-44)49(53)24-22-42-14-13-15-43(52(42)55)23-25-50-54(3,4)46-19-10-12-21-48(46)57(50)28-31-62-36-37-64-40-41-65-39-38-63-33-32-59-5;3-2(4,5)1(6)7/h6-12,16-24,43H,13-15,26-41H2,1-5H3;(H,6,7)/q+1;/p-1/b24-22+;. The molecule has 0 bridgehead atoms. The summed E-state index contributed by atoms with van der Waals surface area (Å²) < 4.78 is 78.7. The lowest BCUT2D eigenvalue weighted by Crippen LogP contribution is -2.37. The molecular formula is C56H70ClF3N2O11. The maximum Gasteiger partial charge on any atom is 0.430 e. The normalized spacial score (nSPS) is 16.8. The summed E-state index contributed by atoms with van der Waals surface area (Å²) in [5.74, 6) is -2.73. The number of benzene rings is 3. The van der Waals surface area contributed by atoms with Crippen molar-refractivity contribution in [2.75, 3.05) is 111 Å². The molecule has 73 heavy (non-hydrogen) atoms. The van der Waals surface area contributed by atoms with Gasteiger partial charge < -0.3 is 52.7 Å². The molecule has 0 N–H and O–H groups in total. The zero-order valence-electron chi connectivity index (χ0n) is 42.6. The molecule has 0 fully saturated rings. The van der Waals surface area contributed by atoms with Gasteiger partial charge in [-0.1, -0.05) is 72.3 Å². The second-order valence-electron chi connectivity index (χ2n) is 18.3. The lowest BCUT2D eigenvalue weighted by molar-refractivity contribution is -0.442. The SMILES string of the molecule is COCCOCCOCCOCCOCCN1C(=C=CC2CCCC(/C=C/C3=[N+](CCOCCOCCC(=O)Oc4ccccc4)c4ccccc4C3(C)C)=C2Cl)C(C)(C)c2ccccc21.O=C([O-])C(F)(F)F. The summed E-state index contributed by atoms with van der Waals surface area (Å²) in [5.41, 5.74) is 11.8. The predicted octanol–water partition coefficient (Wildman–Crippen LogP) is 8.79. The van der Waals surface area contributed by atoms with Crippen LogP contribution in [0.5, 0.6) is 5.75 Å². The van der Waals surface area contributed by atoms with Crippen LogP contribution in [0.2, 0.25) is 0 Å². The molecule has 2 aliphatic heterocycles. The van der Waals surface area contributed by atoms with E-state index in [0.717, 1.165) is 35.6 Å². The lowest BCUT2D eigenvalue weighted by Gasteiger charge is -2.26. The Hall–Kier alpha value is -5.13. The monoisotopic (exact) mass is 1040 g/mol. The molecule has 3 aliphatic rings. The number of aliphatic carboxylic acids is 1. The first-order chi connectivity index (χ1) is 35.1. The maximum absolute atomic E-state index is 12.1. The fourth-order valence-corrected chi connectivity index (χ4v) is 9.06. The van der Waals surface area contributed by atoms with E-state index >= 15 is 0 Å². The third-order valence-electron chi connectivity index (χ3n) is 12.5. The summed E-state index contributed by atoms with van der Waals surface area (Å²) in [4.78, 5) is 23.3. The zero-order chi connectivity index (χ0) is 52.7. The van der Waals surface area contributed by atoms with E-state index in [1.54, 1.807) is 19.2 Å². The maximum atomic E-state index is 12.1. The molecule has 0 spiro atoms. The van der Waals surface area contributed by atoms with Crippen LogP contribution in [0, 0.1) is 5.92 Å². The molecular weight excluding hydrogens is 969 g/mol. The number of allylic oxidation sites excluding steroid dienone is 5. The van der Waals surface area contributed by atoms with Crippen molar-refractivity contribution in [2.45, 2.75) is 70.4 Å². The smallest absolute Gasteiger partial charge is 0.430 e. The number of carbonyl (C=O) groups excluding carboxylic acids is 2. The minimum absolute atomic E-state index is 0.0644. The van der Waals surface area contributed by atoms with Crippen molar-refractivity contribution in [2.24, 2.45) is 5.92 Å². The highest BCUT2D eigenvalue weighted by Gasteiger charge is 2.44. The van der Waals surface area contributed by atoms with Gasteiger partial charge in [-0.15, -0.1) is 5.73 Å². The molecule has 3 aromatic carbocycles. The number of carboxylic acid groups (broad SMARTS) is 1. The number of alkyl halides is 3. The molecule has 0 aromatic heterocycles. The van der Waals surface area contributed by atoms with Crippen LogP contribution in [0.25, 0.3) is 0 Å². The molecule has 6 rings (SSSR count). The number of hydrogen-bond donors (Lipinski definition) is 0. The highest BCUT2D eigenvalue weighted by atomic mass is 35.5. The van der Waals surface area contributed by atoms with Gasteiger partial charge in [-0.05, 0) is 82.4 Å². The second kappa shape index (κ2) is 29.7. The number of hydrogen-bond acceptors (Lipinski definition) is 12. The van der Waals surface area contributed by atoms with Crippen LogP contribution in [0.4, 0.5) is 24.5 Å². The number of carboxylic acids is 1. The number of methoxy groups -OCH3 is 1. The number of para-hydroxylation sites is 3. The number of esters is 1. The van der Waals surface area contributed by atoms with Crippen molar-refractivity contribution in [1.29, 1.82) is 0 Å². The average molecular weight is 1040 g/mol. The summed E-state index contributed by atoms with van der Waals surface area (Å²) in [6.07, 6.45) is 4.61. The molecule has 1 atom stereocenters. The first-order valence-corrected chi connectivity index (χ1v) is 25.1. The van der Waals surface area contributed by atoms with Crippen LogP contribution in [0.3, 0.4) is 0 Å². The third-order valence-corrected chi connectivity index (χ3v) is 13.0. The molecule has 0 saturated heterocycles. The Morgan fingerprint density at radius 1 is 0.740 bits per heavy atom. The van der Waals surface area contributed by atoms with Gasteiger partial charge in [0.15, 0.2) is 12.3 Å². The summed E-state index contributed by atoms with van der Waals surface area (Å²) in [5, 5.41) is 9.67. The molecule has 1 unspecified atom stereocenters. The van der Waals surface area contributed by atoms with E-state index in [4.69, 9.17) is 59.4 Å². The Bertz CT molecular complexity index is 2400. The predicted molar refractivity (Wildman–Crippen MR) is 272 cm³/mol. The van der Waals surface area contributed by atoms with Gasteiger partial charge in [-0.2, -0.15) is 17.7 Å². The largest absolute Gasteiger partial charge is 0.542 e. The van der Waals surface area contributed by atoms with E-state index in [-0.39, 0.29) is 35.7 Å². The second-order valence-corrected chi connectivity index (χ2v) is 18.7. The molecule has 13 nitrogen and oxygen atoms in total. The number of rotatable bonds is 28. The molecule has 0 saturated carbocycles. The average Bonchev–Trinajstić information content (AvgIpc) is 3.71. The summed E-state index contributed by atoms with van der Waals surface area (Å²) in [7, 11) is 1.66. The number of anilines is 1. The minimum Gasteiger partial charge on any atom is -0.542 e. The highest BCUT2D eigenvalue weighted by molar-refractivity contribution is 6.30. The van der Waals surface area contributed by atoms with Crippen LogP contribution in [-0.2, 0) is 53.6 Å². The van der Waals surface area contributed by atoms with Gasteiger partial charge in [0, 0.05) is 53.4 Å². The van der Waals surface area contributed by atoms with Crippen LogP contribution in [0.1, 0.15) is 64.5 Å². The lowest BCUT2D eigenvalue weighted by atomic mass is 9.81. The van der Waals surface area contributed by atoms with Crippen molar-refractivity contribution in [3.8, 4) is 5.75 Å². The molecule has 398 valence electrons. The van der Waals surface area contributed by atoms with Crippen molar-refractivity contribution >= 4 is 40.6 Å². The number of carbonyl (C=O) groups is 2. The van der Waals surface area contributed by atoms with E-state index in [0.29, 0.717) is 98.1 Å². The van der Waals surface area contributed by atoms with Gasteiger partial charge in [-0.3, -0.25) is 4.79 Å². The van der Waals surface area contributed by atoms with Crippen molar-refractivity contribution in [1.82, 2.24) is 0 Å². The minimum atomic E-state index is -5.19. The molecule has 1 aliphatic carbocycles. The summed E-state index contributed by atoms with van der Waals surface area (Å²) in [6.45, 7) is 17.0. The Morgan fingerprint density at radius 3 is 1.92 bits per heavy atom. The van der Waals surface area contributed by atoms with Gasteiger partial charge in [0.1, 0.15) is 18.3 Å². The topological polar surface area (TPSA) is 137 Å². The number of halogens is 4. The van der Waals surface area contributed by atoms with E-state index in [9.17, 15) is 18.0 Å². The van der Waals surface area contributed by atoms with E-state index in [1.807, 2.05) is 18.2 Å². The Balaban J connectivity index is 0.00000131. The van der Waals surface area contributed by atoms with Gasteiger partial charge >= 0.3 is 12.1 Å². The van der Waals surface area contributed by atoms with Gasteiger partial charge in [0.25, 0.3) is 0 Å². The third kappa shape index (κ3) is 17.8. The highest BCUT2D eigenvalue weighted by Crippen LogP contribution is 2.47. The van der Waals surface area contributed by atoms with Gasteiger partial charge in [-0.25, -0.2) is 0 Å². The quantitative estimate of drug-likeness (QED) is 0.0226. The Morgan fingerprint density at radius 2 is 1.29 bits per heavy atom. The van der Waals surface area contributed by atoms with Crippen molar-refractivity contribution < 1.29 is 70.3 Å². The van der Waals surface area contributed by atoms with Crippen LogP contribution in [-0.4, -0.2) is 134 Å². The number of fused-ring (bicyclic) bond motifs is 2. The molecule has 0 amide bonds. The summed E-state index contributed by atoms with van der Waals surface area (Å²) in [6, 6.07) is 26.3. The zero-order valence-corrected chi connectivity index (χ0v) is 43.4. The number of nitrogens with zero attached hydrogens (tertiary/aromatic N) is 2. The molecule has 3 aromatic rings. The Kier molecular flexibility index (Phi) is 23.9. The summed E-state index contributed by atoms with van der Waals surface area (Å²) >= 11 is 7.33. The first kappa shape index (κ1) is 58.8. The number of ether oxygens (including phenoxy) is 8. The fourth-order valence-electron chi connectivity index (χ4n) is 8.73.